The molecule has 24 heavy (non-hydrogen) atoms. The van der Waals surface area contributed by atoms with E-state index in [-0.39, 0.29) is 12.3 Å². The quantitative estimate of drug-likeness (QED) is 0.753. The standard InChI is InChI=1S/C14H9Cl3F3N3O/c15-8-3-1-2-7(4-8)12(6-13(12,16)17)11(24)21-10-5-9(22-23-10)14(18,19)20/h1-4H,5-6H2,(H,21,23,24). The monoisotopic (exact) mass is 397 g/mol. The van der Waals surface area contributed by atoms with E-state index in [4.69, 9.17) is 34.8 Å². The number of rotatable bonds is 2. The van der Waals surface area contributed by atoms with E-state index in [9.17, 15) is 18.0 Å². The van der Waals surface area contributed by atoms with Crippen molar-refractivity contribution in [1.82, 2.24) is 5.32 Å². The minimum Gasteiger partial charge on any atom is -0.311 e. The average Bonchev–Trinajstić information content (AvgIpc) is 2.81. The molecular weight excluding hydrogens is 390 g/mol. The minimum absolute atomic E-state index is 0.107. The number of nitrogens with zero attached hydrogens (tertiary/aromatic N) is 2. The van der Waals surface area contributed by atoms with Gasteiger partial charge in [0.25, 0.3) is 0 Å². The lowest BCUT2D eigenvalue weighted by atomic mass is 9.94. The molecule has 2 aliphatic rings. The zero-order valence-corrected chi connectivity index (χ0v) is 14.1. The van der Waals surface area contributed by atoms with Crippen molar-refractivity contribution in [2.45, 2.75) is 28.8 Å². The van der Waals surface area contributed by atoms with Gasteiger partial charge in [-0.15, -0.1) is 33.4 Å². The number of amidine groups is 1. The second-order valence-electron chi connectivity index (χ2n) is 5.52. The predicted molar refractivity (Wildman–Crippen MR) is 85.9 cm³/mol. The van der Waals surface area contributed by atoms with Crippen LogP contribution in [0.3, 0.4) is 0 Å². The molecule has 1 N–H and O–H groups in total. The highest BCUT2D eigenvalue weighted by Crippen LogP contribution is 2.65. The van der Waals surface area contributed by atoms with E-state index in [0.29, 0.717) is 10.6 Å². The number of alkyl halides is 5. The molecule has 0 radical (unpaired) electrons. The van der Waals surface area contributed by atoms with Gasteiger partial charge in [0, 0.05) is 11.4 Å². The van der Waals surface area contributed by atoms with E-state index in [1.165, 1.54) is 0 Å². The van der Waals surface area contributed by atoms with Gasteiger partial charge in [-0.05, 0) is 17.7 Å². The first kappa shape index (κ1) is 17.5. The lowest BCUT2D eigenvalue weighted by Crippen LogP contribution is -2.42. The predicted octanol–water partition coefficient (Wildman–Crippen LogP) is 3.99. The number of hydrogen-bond donors (Lipinski definition) is 1. The maximum absolute atomic E-state index is 12.6. The van der Waals surface area contributed by atoms with Gasteiger partial charge in [-0.2, -0.15) is 13.2 Å². The molecule has 10 heteroatoms. The maximum atomic E-state index is 12.6. The van der Waals surface area contributed by atoms with Gasteiger partial charge < -0.3 is 5.32 Å². The number of halogens is 6. The van der Waals surface area contributed by atoms with Crippen LogP contribution in [-0.2, 0) is 10.2 Å². The van der Waals surface area contributed by atoms with Crippen LogP contribution in [0.1, 0.15) is 18.4 Å². The zero-order chi connectivity index (χ0) is 17.8. The van der Waals surface area contributed by atoms with E-state index in [1.54, 1.807) is 24.3 Å². The van der Waals surface area contributed by atoms with Crippen LogP contribution in [0.25, 0.3) is 0 Å². The van der Waals surface area contributed by atoms with Crippen molar-refractivity contribution in [3.8, 4) is 0 Å². The zero-order valence-electron chi connectivity index (χ0n) is 11.8. The van der Waals surface area contributed by atoms with Gasteiger partial charge in [0.15, 0.2) is 5.71 Å². The highest BCUT2D eigenvalue weighted by Gasteiger charge is 2.72. The number of amides is 1. The molecule has 1 unspecified atom stereocenters. The van der Waals surface area contributed by atoms with Crippen molar-refractivity contribution in [3.63, 3.8) is 0 Å². The van der Waals surface area contributed by atoms with Crippen LogP contribution in [-0.4, -0.2) is 28.0 Å². The molecular formula is C14H9Cl3F3N3O. The summed E-state index contributed by atoms with van der Waals surface area (Å²) in [4.78, 5) is 12.6. The lowest BCUT2D eigenvalue weighted by molar-refractivity contribution is -0.122. The van der Waals surface area contributed by atoms with Gasteiger partial charge >= 0.3 is 6.18 Å². The molecule has 1 amide bonds. The Balaban J connectivity index is 1.79. The van der Waals surface area contributed by atoms with E-state index >= 15 is 0 Å². The smallest absolute Gasteiger partial charge is 0.311 e. The number of hydrogen-bond acceptors (Lipinski definition) is 3. The van der Waals surface area contributed by atoms with Gasteiger partial charge in [-0.3, -0.25) is 4.79 Å². The van der Waals surface area contributed by atoms with Crippen LogP contribution < -0.4 is 5.32 Å². The minimum atomic E-state index is -4.59. The number of benzene rings is 1. The van der Waals surface area contributed by atoms with E-state index < -0.39 is 34.0 Å². The van der Waals surface area contributed by atoms with Crippen LogP contribution >= 0.6 is 34.8 Å². The van der Waals surface area contributed by atoms with E-state index in [1.807, 2.05) is 0 Å². The molecule has 0 spiro atoms. The summed E-state index contributed by atoms with van der Waals surface area (Å²) in [6.07, 6.45) is -5.10. The maximum Gasteiger partial charge on any atom is 0.431 e. The average molecular weight is 399 g/mol. The van der Waals surface area contributed by atoms with Crippen molar-refractivity contribution < 1.29 is 18.0 Å². The Morgan fingerprint density at radius 1 is 1.25 bits per heavy atom. The molecule has 1 heterocycles. The molecule has 0 bridgehead atoms. The lowest BCUT2D eigenvalue weighted by Gasteiger charge is -2.18. The number of carbonyl (C=O) groups is 1. The summed E-state index contributed by atoms with van der Waals surface area (Å²) in [5.74, 6) is -0.850. The second kappa shape index (κ2) is 5.61. The van der Waals surface area contributed by atoms with Crippen molar-refractivity contribution in [2.24, 2.45) is 10.2 Å². The Bertz CT molecular complexity index is 776. The van der Waals surface area contributed by atoms with Gasteiger partial charge in [-0.25, -0.2) is 0 Å². The Morgan fingerprint density at radius 2 is 1.92 bits per heavy atom. The molecule has 128 valence electrons. The summed E-state index contributed by atoms with van der Waals surface area (Å²) in [7, 11) is 0. The Kier molecular flexibility index (Phi) is 4.09. The summed E-state index contributed by atoms with van der Waals surface area (Å²) in [6.45, 7) is 0. The Morgan fingerprint density at radius 3 is 2.42 bits per heavy atom. The summed E-state index contributed by atoms with van der Waals surface area (Å²) >= 11 is 18.2. The fourth-order valence-corrected chi connectivity index (χ4v) is 3.53. The number of nitrogens with one attached hydrogen (secondary N) is 1. The van der Waals surface area contributed by atoms with Gasteiger partial charge in [-0.1, -0.05) is 23.7 Å². The molecule has 1 aromatic rings. The fraction of sp³-hybridized carbons (Fsp3) is 0.357. The first-order valence-electron chi connectivity index (χ1n) is 6.72. The molecule has 1 aromatic carbocycles. The molecule has 0 saturated heterocycles. The van der Waals surface area contributed by atoms with Crippen LogP contribution in [0.15, 0.2) is 34.5 Å². The topological polar surface area (TPSA) is 53.8 Å². The third-order valence-electron chi connectivity index (χ3n) is 3.90. The van der Waals surface area contributed by atoms with Crippen molar-refractivity contribution in [1.29, 1.82) is 0 Å². The second-order valence-corrected chi connectivity index (χ2v) is 7.44. The third kappa shape index (κ3) is 2.89. The summed E-state index contributed by atoms with van der Waals surface area (Å²) < 4.78 is 36.3. The number of carbonyl (C=O) groups excluding carboxylic acids is 1. The van der Waals surface area contributed by atoms with Crippen molar-refractivity contribution in [3.05, 3.63) is 34.9 Å². The molecule has 1 aliphatic heterocycles. The van der Waals surface area contributed by atoms with Gasteiger partial charge in [0.05, 0.1) is 6.42 Å². The molecule has 1 fully saturated rings. The molecule has 1 aliphatic carbocycles. The third-order valence-corrected chi connectivity index (χ3v) is 5.05. The fourth-order valence-electron chi connectivity index (χ4n) is 2.55. The Hall–Kier alpha value is -1.31. The molecule has 1 saturated carbocycles. The van der Waals surface area contributed by atoms with Crippen LogP contribution in [0.5, 0.6) is 0 Å². The molecule has 0 aromatic heterocycles. The largest absolute Gasteiger partial charge is 0.431 e. The summed E-state index contributed by atoms with van der Waals surface area (Å²) in [5, 5.41) is 9.14. The molecule has 1 atom stereocenters. The highest BCUT2D eigenvalue weighted by atomic mass is 35.5. The van der Waals surface area contributed by atoms with Crippen molar-refractivity contribution >= 4 is 52.3 Å². The van der Waals surface area contributed by atoms with Gasteiger partial charge in [0.1, 0.15) is 15.6 Å². The Labute approximate surface area is 149 Å². The SMILES string of the molecule is O=C(NC1=NN=C(C(F)(F)F)C1)C1(c2cccc(Cl)c2)CC1(Cl)Cl. The molecule has 4 nitrogen and oxygen atoms in total. The van der Waals surface area contributed by atoms with Crippen LogP contribution in [0, 0.1) is 0 Å². The van der Waals surface area contributed by atoms with Crippen LogP contribution in [0.4, 0.5) is 13.2 Å². The van der Waals surface area contributed by atoms with Crippen LogP contribution in [0.2, 0.25) is 5.02 Å². The van der Waals surface area contributed by atoms with E-state index in [0.717, 1.165) is 0 Å². The first-order chi connectivity index (χ1) is 11.1. The summed E-state index contributed by atoms with van der Waals surface area (Å²) in [5.41, 5.74) is -1.90. The highest BCUT2D eigenvalue weighted by molar-refractivity contribution is 6.54. The summed E-state index contributed by atoms with van der Waals surface area (Å²) in [6, 6.07) is 6.42. The normalized spacial score (nSPS) is 25.1. The first-order valence-corrected chi connectivity index (χ1v) is 7.85. The van der Waals surface area contributed by atoms with E-state index in [2.05, 4.69) is 15.5 Å². The van der Waals surface area contributed by atoms with Crippen molar-refractivity contribution in [2.75, 3.05) is 0 Å². The molecule has 3 rings (SSSR count). The van der Waals surface area contributed by atoms with Gasteiger partial charge in [0.2, 0.25) is 5.91 Å².